The molecule has 0 spiro atoms. The number of rotatable bonds is 40. The van der Waals surface area contributed by atoms with Gasteiger partial charge in [0, 0.05) is 19.3 Å². The van der Waals surface area contributed by atoms with Gasteiger partial charge in [-0.2, -0.15) is 0 Å². The molecule has 0 aromatic heterocycles. The van der Waals surface area contributed by atoms with Crippen LogP contribution < -0.4 is 0 Å². The Morgan fingerprint density at radius 1 is 0.404 bits per heavy atom. The van der Waals surface area contributed by atoms with Crippen molar-refractivity contribution in [2.75, 3.05) is 13.2 Å². The van der Waals surface area contributed by atoms with Crippen LogP contribution in [0.3, 0.4) is 0 Å². The van der Waals surface area contributed by atoms with Gasteiger partial charge in [0.25, 0.3) is 0 Å². The molecule has 1 unspecified atom stereocenters. The summed E-state index contributed by atoms with van der Waals surface area (Å²) in [6.07, 6.45) is 36.8. The lowest BCUT2D eigenvalue weighted by Crippen LogP contribution is -2.30. The third-order valence-electron chi connectivity index (χ3n) is 10.6. The zero-order valence-corrected chi connectivity index (χ0v) is 35.4. The van der Waals surface area contributed by atoms with Crippen LogP contribution in [0.2, 0.25) is 0 Å². The summed E-state index contributed by atoms with van der Waals surface area (Å²) in [5, 5.41) is 0. The Labute approximate surface area is 323 Å². The van der Waals surface area contributed by atoms with Gasteiger partial charge in [0.2, 0.25) is 0 Å². The van der Waals surface area contributed by atoms with Gasteiger partial charge in [-0.25, -0.2) is 0 Å². The summed E-state index contributed by atoms with van der Waals surface area (Å²) in [4.78, 5) is 37.5. The van der Waals surface area contributed by atoms with E-state index in [0.29, 0.717) is 19.3 Å². The molecule has 0 rings (SSSR count). The molecule has 0 aromatic carbocycles. The predicted octanol–water partition coefficient (Wildman–Crippen LogP) is 14.2. The zero-order valence-electron chi connectivity index (χ0n) is 35.4. The fourth-order valence-corrected chi connectivity index (χ4v) is 6.72. The minimum atomic E-state index is -0.759. The van der Waals surface area contributed by atoms with Crippen LogP contribution in [0.4, 0.5) is 0 Å². The number of carbonyl (C=O) groups is 3. The molecule has 6 heteroatoms. The molecule has 0 radical (unpaired) electrons. The summed E-state index contributed by atoms with van der Waals surface area (Å²) in [6, 6.07) is 0. The lowest BCUT2D eigenvalue weighted by molar-refractivity contribution is -0.167. The summed E-state index contributed by atoms with van der Waals surface area (Å²) in [5.74, 6) is 0.820. The number of carbonyl (C=O) groups excluding carboxylic acids is 3. The quantitative estimate of drug-likeness (QED) is 0.0354. The molecule has 0 N–H and O–H groups in total. The van der Waals surface area contributed by atoms with Crippen molar-refractivity contribution < 1.29 is 28.6 Å². The predicted molar refractivity (Wildman–Crippen MR) is 220 cm³/mol. The molecule has 0 aliphatic carbocycles. The SMILES string of the molecule is CCCCCCCC(=O)OC[C@@H](COC(=O)CCCCCCCCCCC(C)CC)OC(=O)CCCCCCCCCCCCCCCCC(C)C. The maximum atomic E-state index is 12.7. The van der Waals surface area contributed by atoms with Gasteiger partial charge >= 0.3 is 17.9 Å². The highest BCUT2D eigenvalue weighted by Gasteiger charge is 2.19. The first kappa shape index (κ1) is 50.4. The second-order valence-corrected chi connectivity index (χ2v) is 16.4. The molecule has 2 atom stereocenters. The van der Waals surface area contributed by atoms with Crippen LogP contribution in [-0.2, 0) is 28.6 Å². The first-order valence-electron chi connectivity index (χ1n) is 22.8. The number of hydrogen-bond donors (Lipinski definition) is 0. The summed E-state index contributed by atoms with van der Waals surface area (Å²) >= 11 is 0. The number of hydrogen-bond acceptors (Lipinski definition) is 6. The average Bonchev–Trinajstić information content (AvgIpc) is 3.12. The maximum Gasteiger partial charge on any atom is 0.306 e. The van der Waals surface area contributed by atoms with Gasteiger partial charge in [-0.1, -0.05) is 208 Å². The molecule has 0 heterocycles. The van der Waals surface area contributed by atoms with Crippen LogP contribution in [0, 0.1) is 11.8 Å². The normalized spacial score (nSPS) is 12.6. The Hall–Kier alpha value is -1.59. The van der Waals surface area contributed by atoms with Gasteiger partial charge in [0.05, 0.1) is 0 Å². The van der Waals surface area contributed by atoms with Crippen LogP contribution in [0.25, 0.3) is 0 Å². The molecule has 0 aliphatic heterocycles. The van der Waals surface area contributed by atoms with Crippen LogP contribution in [0.5, 0.6) is 0 Å². The van der Waals surface area contributed by atoms with Gasteiger partial charge in [0.1, 0.15) is 13.2 Å². The Kier molecular flexibility index (Phi) is 37.9. The van der Waals surface area contributed by atoms with Gasteiger partial charge in [0.15, 0.2) is 6.10 Å². The Bertz CT molecular complexity index is 796. The Balaban J connectivity index is 4.18. The molecule has 0 aliphatic rings. The molecule has 0 amide bonds. The number of ether oxygens (including phenoxy) is 3. The maximum absolute atomic E-state index is 12.7. The van der Waals surface area contributed by atoms with E-state index in [2.05, 4.69) is 34.6 Å². The smallest absolute Gasteiger partial charge is 0.306 e. The summed E-state index contributed by atoms with van der Waals surface area (Å²) in [5.41, 5.74) is 0. The van der Waals surface area contributed by atoms with E-state index in [-0.39, 0.29) is 31.1 Å². The Morgan fingerprint density at radius 2 is 0.731 bits per heavy atom. The van der Waals surface area contributed by atoms with E-state index in [1.165, 1.54) is 128 Å². The molecular formula is C46H88O6. The fraction of sp³-hybridized carbons (Fsp3) is 0.935. The van der Waals surface area contributed by atoms with Crippen LogP contribution >= 0.6 is 0 Å². The molecule has 52 heavy (non-hydrogen) atoms. The topological polar surface area (TPSA) is 78.9 Å². The molecular weight excluding hydrogens is 649 g/mol. The van der Waals surface area contributed by atoms with Crippen molar-refractivity contribution >= 4 is 17.9 Å². The van der Waals surface area contributed by atoms with E-state index in [1.54, 1.807) is 0 Å². The van der Waals surface area contributed by atoms with Crippen molar-refractivity contribution in [3.63, 3.8) is 0 Å². The number of esters is 3. The summed E-state index contributed by atoms with van der Waals surface area (Å²) in [6.45, 7) is 11.3. The highest BCUT2D eigenvalue weighted by molar-refractivity contribution is 5.71. The number of unbranched alkanes of at least 4 members (excludes halogenated alkanes) is 24. The second-order valence-electron chi connectivity index (χ2n) is 16.4. The van der Waals surface area contributed by atoms with E-state index in [9.17, 15) is 14.4 Å². The first-order valence-corrected chi connectivity index (χ1v) is 22.8. The van der Waals surface area contributed by atoms with Gasteiger partial charge in [-0.05, 0) is 31.1 Å². The lowest BCUT2D eigenvalue weighted by atomic mass is 9.99. The highest BCUT2D eigenvalue weighted by Crippen LogP contribution is 2.17. The fourth-order valence-electron chi connectivity index (χ4n) is 6.72. The van der Waals surface area contributed by atoms with Crippen molar-refractivity contribution in [2.24, 2.45) is 11.8 Å². The van der Waals surface area contributed by atoms with Crippen molar-refractivity contribution in [1.29, 1.82) is 0 Å². The molecule has 0 saturated carbocycles. The first-order chi connectivity index (χ1) is 25.3. The van der Waals surface area contributed by atoms with E-state index in [1.807, 2.05) is 0 Å². The van der Waals surface area contributed by atoms with E-state index >= 15 is 0 Å². The third kappa shape index (κ3) is 38.1. The van der Waals surface area contributed by atoms with Gasteiger partial charge in [-0.3, -0.25) is 14.4 Å². The minimum absolute atomic E-state index is 0.0662. The van der Waals surface area contributed by atoms with Crippen LogP contribution in [0.1, 0.15) is 247 Å². The minimum Gasteiger partial charge on any atom is -0.462 e. The molecule has 0 aromatic rings. The van der Waals surface area contributed by atoms with Crippen molar-refractivity contribution in [3.05, 3.63) is 0 Å². The van der Waals surface area contributed by atoms with Crippen LogP contribution in [0.15, 0.2) is 0 Å². The standard InChI is InChI=1S/C46H88O6/c1-6-8-9-24-31-36-44(47)50-39-43(40-51-45(48)37-32-27-22-19-18-21-26-30-35-42(5)7-2)52-46(49)38-33-28-23-17-15-13-11-10-12-14-16-20-25-29-34-41(3)4/h41-43H,6-40H2,1-5H3/t42?,43-/m0/s1. The summed E-state index contributed by atoms with van der Waals surface area (Å²) < 4.78 is 16.6. The van der Waals surface area contributed by atoms with Gasteiger partial charge in [-0.15, -0.1) is 0 Å². The molecule has 6 nitrogen and oxygen atoms in total. The molecule has 0 bridgehead atoms. The van der Waals surface area contributed by atoms with Gasteiger partial charge < -0.3 is 14.2 Å². The van der Waals surface area contributed by atoms with Crippen LogP contribution in [-0.4, -0.2) is 37.2 Å². The van der Waals surface area contributed by atoms with Crippen molar-refractivity contribution in [2.45, 2.75) is 253 Å². The Morgan fingerprint density at radius 3 is 1.10 bits per heavy atom. The van der Waals surface area contributed by atoms with Crippen molar-refractivity contribution in [3.8, 4) is 0 Å². The molecule has 308 valence electrons. The average molecular weight is 737 g/mol. The molecule has 0 fully saturated rings. The second kappa shape index (κ2) is 39.1. The largest absolute Gasteiger partial charge is 0.462 e. The van der Waals surface area contributed by atoms with E-state index in [0.717, 1.165) is 76.0 Å². The summed E-state index contributed by atoms with van der Waals surface area (Å²) in [7, 11) is 0. The zero-order chi connectivity index (χ0) is 38.3. The monoisotopic (exact) mass is 737 g/mol. The highest BCUT2D eigenvalue weighted by atomic mass is 16.6. The van der Waals surface area contributed by atoms with Crippen molar-refractivity contribution in [1.82, 2.24) is 0 Å². The third-order valence-corrected chi connectivity index (χ3v) is 10.6. The van der Waals surface area contributed by atoms with E-state index < -0.39 is 6.10 Å². The van der Waals surface area contributed by atoms with E-state index in [4.69, 9.17) is 14.2 Å². The molecule has 0 saturated heterocycles. The lowest BCUT2D eigenvalue weighted by Gasteiger charge is -2.18.